The van der Waals surface area contributed by atoms with Crippen LogP contribution in [0.4, 0.5) is 0 Å². The highest BCUT2D eigenvalue weighted by molar-refractivity contribution is 5.69. The maximum absolute atomic E-state index is 12.9. The molecule has 9 heteroatoms. The quantitative estimate of drug-likeness (QED) is 0.0267. The minimum Gasteiger partial charge on any atom is -0.457 e. The summed E-state index contributed by atoms with van der Waals surface area (Å²) in [6.45, 7) is 4.44. The van der Waals surface area contributed by atoms with Crippen LogP contribution >= 0.6 is 0 Å². The first kappa shape index (κ1) is 67.4. The van der Waals surface area contributed by atoms with Crippen molar-refractivity contribution in [3.05, 3.63) is 85.1 Å². The van der Waals surface area contributed by atoms with Gasteiger partial charge in [-0.05, 0) is 89.9 Å². The van der Waals surface area contributed by atoms with Gasteiger partial charge in [0.25, 0.3) is 0 Å². The van der Waals surface area contributed by atoms with Gasteiger partial charge in [-0.1, -0.05) is 234 Å². The highest BCUT2D eigenvalue weighted by atomic mass is 16.7. The highest BCUT2D eigenvalue weighted by Crippen LogP contribution is 2.23. The zero-order valence-corrected chi connectivity index (χ0v) is 46.2. The molecule has 0 saturated carbocycles. The molecule has 0 aromatic rings. The molecule has 4 N–H and O–H groups in total. The Kier molecular flexibility index (Phi) is 49.8. The van der Waals surface area contributed by atoms with E-state index in [1.54, 1.807) is 0 Å². The van der Waals surface area contributed by atoms with Gasteiger partial charge < -0.3 is 39.4 Å². The van der Waals surface area contributed by atoms with E-state index in [0.717, 1.165) is 70.6 Å². The van der Waals surface area contributed by atoms with Gasteiger partial charge in [-0.2, -0.15) is 0 Å². The molecule has 6 unspecified atom stereocenters. The molecule has 1 rings (SSSR count). The third kappa shape index (κ3) is 42.7. The van der Waals surface area contributed by atoms with Crippen LogP contribution in [0.5, 0.6) is 0 Å². The Balaban J connectivity index is 2.16. The van der Waals surface area contributed by atoms with Crippen molar-refractivity contribution in [3.8, 4) is 0 Å². The molecule has 416 valence electrons. The Labute approximate surface area is 441 Å². The number of allylic oxidation sites excluding steroid dienone is 14. The van der Waals surface area contributed by atoms with Crippen molar-refractivity contribution in [1.29, 1.82) is 0 Å². The van der Waals surface area contributed by atoms with E-state index in [2.05, 4.69) is 98.9 Å². The van der Waals surface area contributed by atoms with Crippen LogP contribution in [0.3, 0.4) is 0 Å². The maximum atomic E-state index is 12.9. The minimum absolute atomic E-state index is 0.119. The molecule has 1 aliphatic rings. The van der Waals surface area contributed by atoms with Gasteiger partial charge in [0.15, 0.2) is 6.29 Å². The number of rotatable bonds is 51. The number of unbranched alkanes of at least 4 members (excludes halogenated alkanes) is 26. The van der Waals surface area contributed by atoms with Crippen molar-refractivity contribution in [2.75, 3.05) is 26.4 Å². The van der Waals surface area contributed by atoms with Gasteiger partial charge in [0.2, 0.25) is 0 Å². The molecule has 1 fully saturated rings. The molecule has 0 aromatic carbocycles. The molecule has 72 heavy (non-hydrogen) atoms. The summed E-state index contributed by atoms with van der Waals surface area (Å²) in [5.74, 6) is -0.317. The molecule has 0 aromatic heterocycles. The van der Waals surface area contributed by atoms with Crippen molar-refractivity contribution in [2.45, 2.75) is 282 Å². The van der Waals surface area contributed by atoms with Crippen molar-refractivity contribution in [1.82, 2.24) is 0 Å². The van der Waals surface area contributed by atoms with E-state index in [9.17, 15) is 25.2 Å². The molecule has 0 bridgehead atoms. The number of ether oxygens (including phenoxy) is 4. The van der Waals surface area contributed by atoms with Crippen LogP contribution in [0.15, 0.2) is 85.1 Å². The number of hydrogen-bond donors (Lipinski definition) is 4. The highest BCUT2D eigenvalue weighted by Gasteiger charge is 2.44. The third-order valence-corrected chi connectivity index (χ3v) is 13.3. The Morgan fingerprint density at radius 3 is 1.28 bits per heavy atom. The van der Waals surface area contributed by atoms with E-state index >= 15 is 0 Å². The summed E-state index contributed by atoms with van der Waals surface area (Å²) in [6.07, 6.45) is 66.3. The molecule has 0 radical (unpaired) electrons. The smallest absolute Gasteiger partial charge is 0.306 e. The largest absolute Gasteiger partial charge is 0.457 e. The number of hydrogen-bond acceptors (Lipinski definition) is 9. The Morgan fingerprint density at radius 1 is 0.458 bits per heavy atom. The molecule has 1 heterocycles. The number of aliphatic hydroxyl groups is 4. The molecular formula is C63H110O9. The molecule has 0 aliphatic carbocycles. The van der Waals surface area contributed by atoms with Gasteiger partial charge in [-0.3, -0.25) is 4.79 Å². The van der Waals surface area contributed by atoms with Crippen LogP contribution in [0, 0.1) is 0 Å². The van der Waals surface area contributed by atoms with Crippen LogP contribution in [0.2, 0.25) is 0 Å². The van der Waals surface area contributed by atoms with E-state index in [1.165, 1.54) is 154 Å². The molecule has 9 nitrogen and oxygen atoms in total. The number of esters is 1. The van der Waals surface area contributed by atoms with Crippen molar-refractivity contribution >= 4 is 5.97 Å². The summed E-state index contributed by atoms with van der Waals surface area (Å²) < 4.78 is 23.0. The van der Waals surface area contributed by atoms with Crippen LogP contribution in [-0.4, -0.2) is 89.6 Å². The molecule has 0 amide bonds. The van der Waals surface area contributed by atoms with Crippen LogP contribution in [0.25, 0.3) is 0 Å². The van der Waals surface area contributed by atoms with Gasteiger partial charge >= 0.3 is 5.97 Å². The molecule has 6 atom stereocenters. The van der Waals surface area contributed by atoms with Gasteiger partial charge in [0.1, 0.15) is 30.5 Å². The topological polar surface area (TPSA) is 135 Å². The fraction of sp³-hybridized carbons (Fsp3) is 0.762. The second-order valence-corrected chi connectivity index (χ2v) is 20.1. The predicted octanol–water partition coefficient (Wildman–Crippen LogP) is 15.7. The Bertz CT molecular complexity index is 1380. The SMILES string of the molecule is CC/C=C\C/C=C\C/C=C\C/C=C\C/C=C\CCCCCCCCCCCCOCC(COC1OC(CO)C(O)C(O)C1O)OC(=O)CCCCCCCCCCCCC/C=C\C/C=C\CCCCCCC. The lowest BCUT2D eigenvalue weighted by Crippen LogP contribution is -2.59. The van der Waals surface area contributed by atoms with E-state index in [0.29, 0.717) is 13.0 Å². The summed E-state index contributed by atoms with van der Waals surface area (Å²) in [4.78, 5) is 12.9. The standard InChI is InChI=1S/C63H110O9/c1-3-5-7-9-11-13-15-17-19-21-23-25-27-28-29-31-33-35-37-39-41-43-45-47-49-51-53-69-55-57(56-70-63-62(68)61(67)60(66)58(54-64)72-63)71-59(65)52-50-48-46-44-42-40-38-36-34-32-30-26-24-22-20-18-16-14-12-10-8-6-4-2/h5,7,11,13,16-19,22-25,28-29,57-58,60-64,66-68H,3-4,6,8-10,12,14-15,20-21,26-27,30-56H2,1-2H3/b7-5-,13-11-,18-16-,19-17-,24-22-,25-23-,29-28-. The van der Waals surface area contributed by atoms with Crippen molar-refractivity contribution in [3.63, 3.8) is 0 Å². The first-order valence-corrected chi connectivity index (χ1v) is 29.7. The van der Waals surface area contributed by atoms with E-state index < -0.39 is 43.4 Å². The lowest BCUT2D eigenvalue weighted by atomic mass is 9.99. The number of carbonyl (C=O) groups is 1. The monoisotopic (exact) mass is 1010 g/mol. The second kappa shape index (κ2) is 53.2. The molecule has 1 aliphatic heterocycles. The molecular weight excluding hydrogens is 901 g/mol. The average Bonchev–Trinajstić information content (AvgIpc) is 3.38. The summed E-state index contributed by atoms with van der Waals surface area (Å²) in [5.41, 5.74) is 0. The lowest BCUT2D eigenvalue weighted by Gasteiger charge is -2.39. The summed E-state index contributed by atoms with van der Waals surface area (Å²) in [7, 11) is 0. The number of aliphatic hydroxyl groups excluding tert-OH is 4. The van der Waals surface area contributed by atoms with Gasteiger partial charge in [-0.25, -0.2) is 0 Å². The molecule has 1 saturated heterocycles. The summed E-state index contributed by atoms with van der Waals surface area (Å²) >= 11 is 0. The fourth-order valence-corrected chi connectivity index (χ4v) is 8.73. The number of carbonyl (C=O) groups excluding carboxylic acids is 1. The fourth-order valence-electron chi connectivity index (χ4n) is 8.73. The molecule has 0 spiro atoms. The summed E-state index contributed by atoms with van der Waals surface area (Å²) in [5, 5.41) is 40.4. The summed E-state index contributed by atoms with van der Waals surface area (Å²) in [6, 6.07) is 0. The minimum atomic E-state index is -1.54. The van der Waals surface area contributed by atoms with Crippen molar-refractivity contribution < 1.29 is 44.2 Å². The lowest BCUT2D eigenvalue weighted by molar-refractivity contribution is -0.305. The normalized spacial score (nSPS) is 19.3. The van der Waals surface area contributed by atoms with Crippen LogP contribution in [0.1, 0.15) is 245 Å². The first-order valence-electron chi connectivity index (χ1n) is 29.7. The first-order chi connectivity index (χ1) is 35.4. The van der Waals surface area contributed by atoms with Crippen molar-refractivity contribution in [2.24, 2.45) is 0 Å². The van der Waals surface area contributed by atoms with Crippen LogP contribution < -0.4 is 0 Å². The van der Waals surface area contributed by atoms with E-state index in [-0.39, 0.29) is 19.2 Å². The average molecular weight is 1010 g/mol. The van der Waals surface area contributed by atoms with E-state index in [4.69, 9.17) is 18.9 Å². The zero-order valence-electron chi connectivity index (χ0n) is 46.2. The maximum Gasteiger partial charge on any atom is 0.306 e. The van der Waals surface area contributed by atoms with E-state index in [1.807, 2.05) is 0 Å². The van der Waals surface area contributed by atoms with Gasteiger partial charge in [0, 0.05) is 13.0 Å². The zero-order chi connectivity index (χ0) is 52.1. The Hall–Kier alpha value is -2.63. The van der Waals surface area contributed by atoms with Gasteiger partial charge in [0.05, 0.1) is 19.8 Å². The predicted molar refractivity (Wildman–Crippen MR) is 302 cm³/mol. The van der Waals surface area contributed by atoms with Gasteiger partial charge in [-0.15, -0.1) is 0 Å². The Morgan fingerprint density at radius 2 is 0.847 bits per heavy atom. The second-order valence-electron chi connectivity index (χ2n) is 20.1. The van der Waals surface area contributed by atoms with Crippen LogP contribution in [-0.2, 0) is 23.7 Å². The third-order valence-electron chi connectivity index (χ3n) is 13.3.